The Kier molecular flexibility index (Phi) is 4.74. The fourth-order valence-electron chi connectivity index (χ4n) is 2.04. The lowest BCUT2D eigenvalue weighted by atomic mass is 10.1. The summed E-state index contributed by atoms with van der Waals surface area (Å²) >= 11 is 0. The Labute approximate surface area is 120 Å². The van der Waals surface area contributed by atoms with Gasteiger partial charge in [-0.3, -0.25) is 4.79 Å². The molecule has 0 aliphatic rings. The molecule has 2 rings (SSSR count). The normalized spacial score (nSPS) is 11.0. The van der Waals surface area contributed by atoms with E-state index in [1.54, 1.807) is 0 Å². The van der Waals surface area contributed by atoms with Gasteiger partial charge in [-0.1, -0.05) is 49.7 Å². The number of benzene rings is 1. The third kappa shape index (κ3) is 3.81. The zero-order valence-electron chi connectivity index (χ0n) is 12.4. The molecule has 0 unspecified atom stereocenters. The summed E-state index contributed by atoms with van der Waals surface area (Å²) in [6.07, 6.45) is 0. The van der Waals surface area contributed by atoms with Crippen molar-refractivity contribution in [3.05, 3.63) is 57.9 Å². The number of aromatic amines is 1. The maximum absolute atomic E-state index is 12.1. The van der Waals surface area contributed by atoms with Crippen LogP contribution in [0.2, 0.25) is 0 Å². The van der Waals surface area contributed by atoms with E-state index < -0.39 is 0 Å². The molecule has 2 aromatic rings. The van der Waals surface area contributed by atoms with Crippen molar-refractivity contribution < 1.29 is 0 Å². The maximum Gasteiger partial charge on any atom is 0.252 e. The van der Waals surface area contributed by atoms with Crippen molar-refractivity contribution in [2.75, 3.05) is 6.54 Å². The standard InChI is InChI=1S/C17H22N2O/c1-12(2)10-18-11-15-8-9-16(19-17(15)20)14-6-4-13(3)5-7-14/h4-9,12,18H,10-11H2,1-3H3,(H,19,20). The van der Waals surface area contributed by atoms with Gasteiger partial charge in [0.2, 0.25) is 0 Å². The van der Waals surface area contributed by atoms with Crippen LogP contribution in [-0.4, -0.2) is 11.5 Å². The number of H-pyrrole nitrogens is 1. The Bertz CT molecular complexity index is 612. The third-order valence-corrected chi connectivity index (χ3v) is 3.22. The first-order chi connectivity index (χ1) is 9.56. The molecule has 0 radical (unpaired) electrons. The van der Waals surface area contributed by atoms with E-state index in [9.17, 15) is 4.79 Å². The van der Waals surface area contributed by atoms with Crippen LogP contribution in [0.4, 0.5) is 0 Å². The van der Waals surface area contributed by atoms with Crippen molar-refractivity contribution in [2.24, 2.45) is 5.92 Å². The van der Waals surface area contributed by atoms with Crippen LogP contribution >= 0.6 is 0 Å². The summed E-state index contributed by atoms with van der Waals surface area (Å²) in [7, 11) is 0. The number of pyridine rings is 1. The molecule has 1 heterocycles. The Balaban J connectivity index is 2.13. The minimum atomic E-state index is -0.0145. The van der Waals surface area contributed by atoms with Crippen molar-refractivity contribution >= 4 is 0 Å². The van der Waals surface area contributed by atoms with Crippen molar-refractivity contribution in [3.8, 4) is 11.3 Å². The molecular formula is C17H22N2O. The van der Waals surface area contributed by atoms with Gasteiger partial charge >= 0.3 is 0 Å². The Morgan fingerprint density at radius 2 is 1.80 bits per heavy atom. The molecule has 0 fully saturated rings. The van der Waals surface area contributed by atoms with E-state index in [4.69, 9.17) is 0 Å². The van der Waals surface area contributed by atoms with E-state index in [1.807, 2.05) is 36.4 Å². The molecule has 1 aromatic heterocycles. The summed E-state index contributed by atoms with van der Waals surface area (Å²) in [5.41, 5.74) is 3.88. The van der Waals surface area contributed by atoms with E-state index in [-0.39, 0.29) is 5.56 Å². The van der Waals surface area contributed by atoms with Gasteiger partial charge in [0.1, 0.15) is 0 Å². The molecule has 0 atom stereocenters. The van der Waals surface area contributed by atoms with Crippen LogP contribution in [-0.2, 0) is 6.54 Å². The lowest BCUT2D eigenvalue weighted by Crippen LogP contribution is -2.24. The quantitative estimate of drug-likeness (QED) is 0.877. The third-order valence-electron chi connectivity index (χ3n) is 3.22. The molecule has 0 amide bonds. The van der Waals surface area contributed by atoms with Crippen molar-refractivity contribution in [3.63, 3.8) is 0 Å². The van der Waals surface area contributed by atoms with Crippen molar-refractivity contribution in [2.45, 2.75) is 27.3 Å². The first-order valence-corrected chi connectivity index (χ1v) is 7.06. The van der Waals surface area contributed by atoms with E-state index >= 15 is 0 Å². The second-order valence-corrected chi connectivity index (χ2v) is 5.62. The van der Waals surface area contributed by atoms with Crippen molar-refractivity contribution in [1.29, 1.82) is 0 Å². The van der Waals surface area contributed by atoms with Crippen LogP contribution in [0, 0.1) is 12.8 Å². The van der Waals surface area contributed by atoms with Gasteiger partial charge in [0, 0.05) is 17.8 Å². The molecule has 2 N–H and O–H groups in total. The molecule has 0 saturated heterocycles. The van der Waals surface area contributed by atoms with Crippen LogP contribution in [0.1, 0.15) is 25.0 Å². The largest absolute Gasteiger partial charge is 0.322 e. The zero-order chi connectivity index (χ0) is 14.5. The Morgan fingerprint density at radius 1 is 1.10 bits per heavy atom. The van der Waals surface area contributed by atoms with Crippen LogP contribution in [0.15, 0.2) is 41.2 Å². The minimum Gasteiger partial charge on any atom is -0.322 e. The van der Waals surface area contributed by atoms with E-state index in [0.717, 1.165) is 23.4 Å². The molecule has 20 heavy (non-hydrogen) atoms. The average molecular weight is 270 g/mol. The second kappa shape index (κ2) is 6.53. The first-order valence-electron chi connectivity index (χ1n) is 7.06. The van der Waals surface area contributed by atoms with Gasteiger partial charge in [-0.15, -0.1) is 0 Å². The van der Waals surface area contributed by atoms with E-state index in [0.29, 0.717) is 12.5 Å². The maximum atomic E-state index is 12.1. The topological polar surface area (TPSA) is 44.9 Å². The summed E-state index contributed by atoms with van der Waals surface area (Å²) in [6.45, 7) is 7.88. The first kappa shape index (κ1) is 14.5. The molecule has 106 valence electrons. The monoisotopic (exact) mass is 270 g/mol. The number of rotatable bonds is 5. The summed E-state index contributed by atoms with van der Waals surface area (Å²) in [6, 6.07) is 12.0. The number of hydrogen-bond acceptors (Lipinski definition) is 2. The molecule has 0 spiro atoms. The van der Waals surface area contributed by atoms with Crippen LogP contribution < -0.4 is 10.9 Å². The molecule has 0 aliphatic heterocycles. The predicted molar refractivity (Wildman–Crippen MR) is 83.8 cm³/mol. The van der Waals surface area contributed by atoms with E-state index in [2.05, 4.69) is 31.1 Å². The molecule has 0 saturated carbocycles. The highest BCUT2D eigenvalue weighted by atomic mass is 16.1. The van der Waals surface area contributed by atoms with Gasteiger partial charge in [-0.05, 0) is 31.0 Å². The summed E-state index contributed by atoms with van der Waals surface area (Å²) in [5.74, 6) is 0.584. The van der Waals surface area contributed by atoms with Gasteiger partial charge in [-0.2, -0.15) is 0 Å². The fourth-order valence-corrected chi connectivity index (χ4v) is 2.04. The molecule has 0 aliphatic carbocycles. The van der Waals surface area contributed by atoms with E-state index in [1.165, 1.54) is 5.56 Å². The molecule has 3 heteroatoms. The van der Waals surface area contributed by atoms with Gasteiger partial charge in [0.05, 0.1) is 0 Å². The second-order valence-electron chi connectivity index (χ2n) is 5.62. The van der Waals surface area contributed by atoms with Crippen LogP contribution in [0.25, 0.3) is 11.3 Å². The van der Waals surface area contributed by atoms with Gasteiger partial charge in [0.25, 0.3) is 5.56 Å². The predicted octanol–water partition coefficient (Wildman–Crippen LogP) is 3.10. The smallest absolute Gasteiger partial charge is 0.252 e. The molecular weight excluding hydrogens is 248 g/mol. The SMILES string of the molecule is Cc1ccc(-c2ccc(CNCC(C)C)c(=O)[nH]2)cc1. The highest BCUT2D eigenvalue weighted by Gasteiger charge is 2.03. The lowest BCUT2D eigenvalue weighted by molar-refractivity contribution is 0.551. The summed E-state index contributed by atoms with van der Waals surface area (Å²) in [5, 5.41) is 3.29. The zero-order valence-corrected chi connectivity index (χ0v) is 12.4. The van der Waals surface area contributed by atoms with Crippen LogP contribution in [0.3, 0.4) is 0 Å². The fraction of sp³-hybridized carbons (Fsp3) is 0.353. The summed E-state index contributed by atoms with van der Waals surface area (Å²) < 4.78 is 0. The highest BCUT2D eigenvalue weighted by Crippen LogP contribution is 2.16. The van der Waals surface area contributed by atoms with Crippen LogP contribution in [0.5, 0.6) is 0 Å². The molecule has 1 aromatic carbocycles. The number of aryl methyl sites for hydroxylation is 1. The molecule has 3 nitrogen and oxygen atoms in total. The van der Waals surface area contributed by atoms with Gasteiger partial charge in [-0.25, -0.2) is 0 Å². The molecule has 0 bridgehead atoms. The number of nitrogens with one attached hydrogen (secondary N) is 2. The minimum absolute atomic E-state index is 0.0145. The Hall–Kier alpha value is -1.87. The lowest BCUT2D eigenvalue weighted by Gasteiger charge is -2.08. The summed E-state index contributed by atoms with van der Waals surface area (Å²) in [4.78, 5) is 15.0. The number of hydrogen-bond donors (Lipinski definition) is 2. The highest BCUT2D eigenvalue weighted by molar-refractivity contribution is 5.59. The number of aromatic nitrogens is 1. The van der Waals surface area contributed by atoms with Gasteiger partial charge in [0.15, 0.2) is 0 Å². The Morgan fingerprint density at radius 3 is 2.40 bits per heavy atom. The van der Waals surface area contributed by atoms with Crippen molar-refractivity contribution in [1.82, 2.24) is 10.3 Å². The van der Waals surface area contributed by atoms with Gasteiger partial charge < -0.3 is 10.3 Å². The average Bonchev–Trinajstić information content (AvgIpc) is 2.41.